The van der Waals surface area contributed by atoms with Crippen LogP contribution in [0, 0.1) is 0 Å². The van der Waals surface area contributed by atoms with Crippen LogP contribution in [-0.4, -0.2) is 22.2 Å². The number of aldehydes is 1. The van der Waals surface area contributed by atoms with Gasteiger partial charge < -0.3 is 5.11 Å². The molecule has 0 radical (unpaired) electrons. The number of hydrogen-bond donors (Lipinski definition) is 1. The molecule has 1 N–H and O–H groups in total. The minimum atomic E-state index is 0.0860. The Morgan fingerprint density at radius 2 is 1.95 bits per heavy atom. The van der Waals surface area contributed by atoms with Crippen LogP contribution in [0.25, 0.3) is 0 Å². The second kappa shape index (κ2) is 5.69. The van der Waals surface area contributed by atoms with Gasteiger partial charge in [0.05, 0.1) is 5.56 Å². The van der Waals surface area contributed by atoms with Crippen molar-refractivity contribution >= 4 is 18.2 Å². The summed E-state index contributed by atoms with van der Waals surface area (Å²) in [5, 5.41) is 9.72. The quantitative estimate of drug-likeness (QED) is 0.694. The van der Waals surface area contributed by atoms with Crippen molar-refractivity contribution in [2.24, 2.45) is 0 Å². The summed E-state index contributed by atoms with van der Waals surface area (Å²) in [6.45, 7) is 1.66. The molecule has 20 heavy (non-hydrogen) atoms. The van der Waals surface area contributed by atoms with Crippen LogP contribution in [0.3, 0.4) is 0 Å². The highest BCUT2D eigenvalue weighted by Crippen LogP contribution is 2.32. The molecule has 0 aromatic heterocycles. The van der Waals surface area contributed by atoms with E-state index in [9.17, 15) is 9.90 Å². The molecule has 2 aromatic carbocycles. The van der Waals surface area contributed by atoms with Crippen LogP contribution >= 0.6 is 11.9 Å². The Kier molecular flexibility index (Phi) is 3.76. The van der Waals surface area contributed by atoms with Crippen LogP contribution in [-0.2, 0) is 13.0 Å². The number of phenols is 1. The lowest BCUT2D eigenvalue weighted by atomic mass is 9.95. The number of fused-ring (bicyclic) bond motifs is 1. The first kappa shape index (κ1) is 13.2. The predicted molar refractivity (Wildman–Crippen MR) is 79.9 cm³/mol. The zero-order chi connectivity index (χ0) is 13.9. The fourth-order valence-corrected chi connectivity index (χ4v) is 3.45. The summed E-state index contributed by atoms with van der Waals surface area (Å²) in [5.41, 5.74) is 2.57. The molecule has 0 atom stereocenters. The van der Waals surface area contributed by atoms with Gasteiger partial charge in [-0.15, -0.1) is 0 Å². The van der Waals surface area contributed by atoms with Crippen molar-refractivity contribution in [3.8, 4) is 5.75 Å². The van der Waals surface area contributed by atoms with Gasteiger partial charge in [-0.1, -0.05) is 24.3 Å². The molecule has 1 aliphatic heterocycles. The van der Waals surface area contributed by atoms with E-state index in [0.29, 0.717) is 5.56 Å². The van der Waals surface area contributed by atoms with E-state index in [1.54, 1.807) is 18.0 Å². The molecule has 0 saturated heterocycles. The van der Waals surface area contributed by atoms with Gasteiger partial charge in [0.2, 0.25) is 0 Å². The smallest absolute Gasteiger partial charge is 0.154 e. The lowest BCUT2D eigenvalue weighted by Gasteiger charge is -2.28. The number of carbonyl (C=O) groups is 1. The van der Waals surface area contributed by atoms with Crippen LogP contribution in [0.2, 0.25) is 0 Å². The maximum Gasteiger partial charge on any atom is 0.154 e. The van der Waals surface area contributed by atoms with Gasteiger partial charge in [-0.3, -0.25) is 4.79 Å². The highest BCUT2D eigenvalue weighted by molar-refractivity contribution is 7.97. The molecule has 2 aromatic rings. The molecular weight excluding hydrogens is 270 g/mol. The number of rotatable bonds is 3. The maximum absolute atomic E-state index is 11.1. The monoisotopic (exact) mass is 285 g/mol. The average Bonchev–Trinajstić information content (AvgIpc) is 2.48. The normalized spacial score (nSPS) is 14.8. The van der Waals surface area contributed by atoms with Crippen LogP contribution in [0.4, 0.5) is 0 Å². The number of benzene rings is 2. The standard InChI is InChI=1S/C16H15NO2S/c18-11-15-14-8-9-17(10-12(14)6-7-16(15)19)20-13-4-2-1-3-5-13/h1-7,11,19H,8-10H2. The van der Waals surface area contributed by atoms with Gasteiger partial charge >= 0.3 is 0 Å². The largest absolute Gasteiger partial charge is 0.507 e. The second-order valence-corrected chi connectivity index (χ2v) is 5.94. The molecule has 1 aliphatic rings. The van der Waals surface area contributed by atoms with Crippen LogP contribution in [0.5, 0.6) is 5.75 Å². The minimum Gasteiger partial charge on any atom is -0.507 e. The molecule has 0 bridgehead atoms. The zero-order valence-corrected chi connectivity index (χ0v) is 11.8. The van der Waals surface area contributed by atoms with Crippen LogP contribution in [0.1, 0.15) is 21.5 Å². The van der Waals surface area contributed by atoms with Crippen molar-refractivity contribution in [3.63, 3.8) is 0 Å². The van der Waals surface area contributed by atoms with Gasteiger partial charge in [0.1, 0.15) is 5.75 Å². The highest BCUT2D eigenvalue weighted by Gasteiger charge is 2.21. The average molecular weight is 285 g/mol. The fourth-order valence-electron chi connectivity index (χ4n) is 2.49. The summed E-state index contributed by atoms with van der Waals surface area (Å²) in [5.74, 6) is 0.0860. The SMILES string of the molecule is O=Cc1c(O)ccc2c1CCN(Sc1ccccc1)C2. The fraction of sp³-hybridized carbons (Fsp3) is 0.188. The van der Waals surface area contributed by atoms with Gasteiger partial charge in [-0.25, -0.2) is 4.31 Å². The number of carbonyl (C=O) groups excluding carboxylic acids is 1. The Morgan fingerprint density at radius 1 is 1.15 bits per heavy atom. The Bertz CT molecular complexity index is 628. The Balaban J connectivity index is 1.81. The molecule has 4 heteroatoms. The van der Waals surface area contributed by atoms with E-state index in [4.69, 9.17) is 0 Å². The van der Waals surface area contributed by atoms with Crippen molar-refractivity contribution in [3.05, 3.63) is 59.2 Å². The number of phenolic OH excluding ortho intramolecular Hbond substituents is 1. The molecule has 0 saturated carbocycles. The molecule has 0 unspecified atom stereocenters. The van der Waals surface area contributed by atoms with E-state index in [1.165, 1.54) is 4.90 Å². The molecule has 3 nitrogen and oxygen atoms in total. The first-order valence-electron chi connectivity index (χ1n) is 6.55. The summed E-state index contributed by atoms with van der Waals surface area (Å²) in [4.78, 5) is 12.3. The van der Waals surface area contributed by atoms with E-state index in [2.05, 4.69) is 16.4 Å². The van der Waals surface area contributed by atoms with E-state index >= 15 is 0 Å². The lowest BCUT2D eigenvalue weighted by molar-refractivity contribution is 0.111. The van der Waals surface area contributed by atoms with Crippen molar-refractivity contribution < 1.29 is 9.90 Å². The predicted octanol–water partition coefficient (Wildman–Crippen LogP) is 3.27. The molecule has 0 spiro atoms. The van der Waals surface area contributed by atoms with Gasteiger partial charge in [0.15, 0.2) is 6.29 Å². The second-order valence-electron chi connectivity index (χ2n) is 4.77. The summed E-state index contributed by atoms with van der Waals surface area (Å²) in [6.07, 6.45) is 1.55. The first-order valence-corrected chi connectivity index (χ1v) is 7.32. The molecule has 102 valence electrons. The zero-order valence-electron chi connectivity index (χ0n) is 11.0. The number of hydrogen-bond acceptors (Lipinski definition) is 4. The van der Waals surface area contributed by atoms with E-state index in [-0.39, 0.29) is 5.75 Å². The van der Waals surface area contributed by atoms with Gasteiger partial charge in [0.25, 0.3) is 0 Å². The molecule has 0 amide bonds. The first-order chi connectivity index (χ1) is 9.78. The van der Waals surface area contributed by atoms with Crippen molar-refractivity contribution in [2.45, 2.75) is 17.9 Å². The summed E-state index contributed by atoms with van der Waals surface area (Å²) < 4.78 is 2.28. The Morgan fingerprint density at radius 3 is 2.70 bits per heavy atom. The van der Waals surface area contributed by atoms with Crippen LogP contribution in [0.15, 0.2) is 47.4 Å². The Hall–Kier alpha value is -1.78. The summed E-state index contributed by atoms with van der Waals surface area (Å²) >= 11 is 1.73. The third-order valence-electron chi connectivity index (χ3n) is 3.48. The molecule has 0 fully saturated rings. The van der Waals surface area contributed by atoms with Crippen molar-refractivity contribution in [1.29, 1.82) is 0 Å². The molecular formula is C16H15NO2S. The topological polar surface area (TPSA) is 40.5 Å². The molecule has 0 aliphatic carbocycles. The minimum absolute atomic E-state index is 0.0860. The third kappa shape index (κ3) is 2.57. The van der Waals surface area contributed by atoms with Crippen molar-refractivity contribution in [1.82, 2.24) is 4.31 Å². The summed E-state index contributed by atoms with van der Waals surface area (Å²) in [7, 11) is 0. The molecule has 3 rings (SSSR count). The summed E-state index contributed by atoms with van der Waals surface area (Å²) in [6, 6.07) is 13.8. The van der Waals surface area contributed by atoms with Crippen LogP contribution < -0.4 is 0 Å². The van der Waals surface area contributed by atoms with Gasteiger partial charge in [-0.2, -0.15) is 0 Å². The molecule has 1 heterocycles. The Labute approximate surface area is 122 Å². The third-order valence-corrected chi connectivity index (χ3v) is 4.54. The van der Waals surface area contributed by atoms with Gasteiger partial charge in [-0.05, 0) is 47.7 Å². The van der Waals surface area contributed by atoms with Crippen molar-refractivity contribution in [2.75, 3.05) is 6.54 Å². The van der Waals surface area contributed by atoms with E-state index in [0.717, 1.165) is 36.9 Å². The van der Waals surface area contributed by atoms with E-state index < -0.39 is 0 Å². The number of aromatic hydroxyl groups is 1. The van der Waals surface area contributed by atoms with Gasteiger partial charge in [0, 0.05) is 18.0 Å². The lowest BCUT2D eigenvalue weighted by Crippen LogP contribution is -2.25. The maximum atomic E-state index is 11.1. The highest BCUT2D eigenvalue weighted by atomic mass is 32.2. The van der Waals surface area contributed by atoms with E-state index in [1.807, 2.05) is 24.3 Å². The number of nitrogens with zero attached hydrogens (tertiary/aromatic N) is 1.